The highest BCUT2D eigenvalue weighted by Crippen LogP contribution is 2.45. The molecule has 8 heteroatoms. The molecule has 34 heavy (non-hydrogen) atoms. The number of aliphatic imine (C=N–C) groups is 1. The van der Waals surface area contributed by atoms with Crippen molar-refractivity contribution in [1.29, 1.82) is 0 Å². The Morgan fingerprint density at radius 1 is 1.12 bits per heavy atom. The molecule has 4 rings (SSSR count). The Hall–Kier alpha value is -2.58. The maximum absolute atomic E-state index is 13.2. The van der Waals surface area contributed by atoms with Crippen LogP contribution in [0.4, 0.5) is 0 Å². The molecular formula is C26H34N4O3S. The first-order chi connectivity index (χ1) is 16.3. The average molecular weight is 483 g/mol. The lowest BCUT2D eigenvalue weighted by Crippen LogP contribution is -2.49. The molecule has 3 aliphatic heterocycles. The minimum Gasteiger partial charge on any atom is -0.459 e. The highest BCUT2D eigenvalue weighted by Gasteiger charge is 2.41. The molecule has 0 aromatic heterocycles. The first-order valence-corrected chi connectivity index (χ1v) is 12.9. The average Bonchev–Trinajstić information content (AvgIpc) is 3.20. The number of piperazine rings is 1. The number of thioether (sulfide) groups is 1. The highest BCUT2D eigenvalue weighted by molar-refractivity contribution is 8.16. The van der Waals surface area contributed by atoms with Gasteiger partial charge in [-0.2, -0.15) is 0 Å². The predicted octanol–water partition coefficient (Wildman–Crippen LogP) is 4.08. The van der Waals surface area contributed by atoms with Crippen LogP contribution in [0.3, 0.4) is 0 Å². The van der Waals surface area contributed by atoms with E-state index in [2.05, 4.69) is 16.7 Å². The molecule has 182 valence electrons. The van der Waals surface area contributed by atoms with Crippen molar-refractivity contribution < 1.29 is 14.3 Å². The van der Waals surface area contributed by atoms with Crippen LogP contribution < -0.4 is 0 Å². The zero-order valence-corrected chi connectivity index (χ0v) is 21.5. The van der Waals surface area contributed by atoms with Crippen LogP contribution in [0.5, 0.6) is 0 Å². The van der Waals surface area contributed by atoms with E-state index in [0.29, 0.717) is 11.3 Å². The largest absolute Gasteiger partial charge is 0.459 e. The number of likely N-dealkylation sites (N-methyl/N-ethyl adjacent to an activating group) is 1. The molecule has 1 aromatic rings. The summed E-state index contributed by atoms with van der Waals surface area (Å²) in [5.74, 6) is -0.247. The number of carbonyl (C=O) groups excluding carboxylic acids is 2. The molecule has 3 heterocycles. The van der Waals surface area contributed by atoms with Crippen LogP contribution in [0.2, 0.25) is 0 Å². The summed E-state index contributed by atoms with van der Waals surface area (Å²) in [6.07, 6.45) is 0.0506. The summed E-state index contributed by atoms with van der Waals surface area (Å²) in [5.41, 5.74) is 4.18. The van der Waals surface area contributed by atoms with Crippen molar-refractivity contribution in [3.8, 4) is 0 Å². The smallest absolute Gasteiger partial charge is 0.338 e. The zero-order valence-electron chi connectivity index (χ0n) is 20.7. The predicted molar refractivity (Wildman–Crippen MR) is 136 cm³/mol. The van der Waals surface area contributed by atoms with Gasteiger partial charge in [-0.3, -0.25) is 4.79 Å². The van der Waals surface area contributed by atoms with Gasteiger partial charge >= 0.3 is 5.97 Å². The third kappa shape index (κ3) is 5.08. The molecule has 1 fully saturated rings. The monoisotopic (exact) mass is 482 g/mol. The van der Waals surface area contributed by atoms with Crippen molar-refractivity contribution in [2.24, 2.45) is 4.99 Å². The number of carbonyl (C=O) groups is 2. The second-order valence-corrected chi connectivity index (χ2v) is 10.1. The van der Waals surface area contributed by atoms with Gasteiger partial charge in [0.1, 0.15) is 0 Å². The van der Waals surface area contributed by atoms with E-state index in [1.807, 2.05) is 62.3 Å². The number of nitrogens with zero attached hydrogens (tertiary/aromatic N) is 4. The van der Waals surface area contributed by atoms with Gasteiger partial charge in [0.25, 0.3) is 0 Å². The number of aryl methyl sites for hydroxylation is 1. The highest BCUT2D eigenvalue weighted by atomic mass is 32.2. The molecule has 1 amide bonds. The summed E-state index contributed by atoms with van der Waals surface area (Å²) in [4.78, 5) is 37.5. The molecule has 0 N–H and O–H groups in total. The maximum atomic E-state index is 13.2. The van der Waals surface area contributed by atoms with E-state index in [9.17, 15) is 9.59 Å². The summed E-state index contributed by atoms with van der Waals surface area (Å²) in [5, 5.41) is 2.80. The molecule has 0 bridgehead atoms. The van der Waals surface area contributed by atoms with Gasteiger partial charge in [-0.1, -0.05) is 48.5 Å². The number of fused-ring (bicyclic) bond motifs is 1. The Morgan fingerprint density at radius 3 is 2.41 bits per heavy atom. The third-order valence-corrected chi connectivity index (χ3v) is 7.35. The summed E-state index contributed by atoms with van der Waals surface area (Å²) >= 11 is 1.51. The van der Waals surface area contributed by atoms with Gasteiger partial charge in [-0.15, -0.1) is 0 Å². The Bertz CT molecular complexity index is 1040. The molecule has 0 spiro atoms. The van der Waals surface area contributed by atoms with Crippen LogP contribution in [-0.2, 0) is 14.3 Å². The Morgan fingerprint density at radius 2 is 1.79 bits per heavy atom. The molecule has 7 nitrogen and oxygen atoms in total. The fourth-order valence-electron chi connectivity index (χ4n) is 4.55. The maximum Gasteiger partial charge on any atom is 0.338 e. The van der Waals surface area contributed by atoms with Crippen molar-refractivity contribution in [3.05, 3.63) is 57.8 Å². The lowest BCUT2D eigenvalue weighted by Gasteiger charge is -2.38. The van der Waals surface area contributed by atoms with Gasteiger partial charge in [-0.25, -0.2) is 9.79 Å². The standard InChI is InChI=1S/C26H34N4O3S/c1-6-28-11-13-29(14-12-28)22(31)15-21-16-34-26-27-19(5)23(25(32)33-17(2)3)24(30(21)26)20-9-7-18(4)8-10-20/h7-10,16-17,24H,6,11-15H2,1-5H3/t24-/m1/s1. The minimum atomic E-state index is -0.384. The van der Waals surface area contributed by atoms with Gasteiger partial charge in [0.05, 0.1) is 29.8 Å². The zero-order chi connectivity index (χ0) is 24.4. The van der Waals surface area contributed by atoms with Gasteiger partial charge < -0.3 is 19.4 Å². The Kier molecular flexibility index (Phi) is 7.48. The van der Waals surface area contributed by atoms with Crippen LogP contribution in [0.1, 0.15) is 51.3 Å². The molecule has 1 aromatic carbocycles. The second-order valence-electron chi connectivity index (χ2n) is 9.25. The first kappa shape index (κ1) is 24.5. The number of hydrogen-bond acceptors (Lipinski definition) is 7. The first-order valence-electron chi connectivity index (χ1n) is 12.0. The topological polar surface area (TPSA) is 65.4 Å². The van der Waals surface area contributed by atoms with Crippen molar-refractivity contribution in [3.63, 3.8) is 0 Å². The van der Waals surface area contributed by atoms with Gasteiger partial charge in [0, 0.05) is 31.9 Å². The van der Waals surface area contributed by atoms with E-state index in [0.717, 1.165) is 54.7 Å². The third-order valence-electron chi connectivity index (χ3n) is 6.46. The number of allylic oxidation sites excluding steroid dienone is 1. The van der Waals surface area contributed by atoms with Crippen molar-refractivity contribution >= 4 is 28.8 Å². The van der Waals surface area contributed by atoms with Crippen LogP contribution in [0.25, 0.3) is 0 Å². The molecule has 1 atom stereocenters. The Balaban J connectivity index is 1.63. The second kappa shape index (κ2) is 10.4. The Labute approximate surface area is 206 Å². The van der Waals surface area contributed by atoms with E-state index >= 15 is 0 Å². The van der Waals surface area contributed by atoms with Crippen LogP contribution >= 0.6 is 11.8 Å². The number of ether oxygens (including phenoxy) is 1. The van der Waals surface area contributed by atoms with E-state index < -0.39 is 0 Å². The molecule has 0 unspecified atom stereocenters. The van der Waals surface area contributed by atoms with Crippen molar-refractivity contribution in [1.82, 2.24) is 14.7 Å². The normalized spacial score (nSPS) is 20.9. The van der Waals surface area contributed by atoms with E-state index in [4.69, 9.17) is 9.73 Å². The SMILES string of the molecule is CCN1CCN(C(=O)CC2=CSC3=NC(C)=C(C(=O)OC(C)C)[C@@H](c4ccc(C)cc4)N23)CC1. The van der Waals surface area contributed by atoms with Crippen LogP contribution in [0, 0.1) is 6.92 Å². The van der Waals surface area contributed by atoms with Gasteiger partial charge in [0.15, 0.2) is 5.17 Å². The number of amidine groups is 1. The van der Waals surface area contributed by atoms with E-state index in [-0.39, 0.29) is 30.4 Å². The van der Waals surface area contributed by atoms with Crippen LogP contribution in [0.15, 0.2) is 51.6 Å². The van der Waals surface area contributed by atoms with Crippen molar-refractivity contribution in [2.75, 3.05) is 32.7 Å². The number of hydrogen-bond donors (Lipinski definition) is 0. The minimum absolute atomic E-state index is 0.115. The quantitative estimate of drug-likeness (QED) is 0.570. The van der Waals surface area contributed by atoms with Crippen LogP contribution in [-0.4, -0.2) is 70.6 Å². The molecule has 3 aliphatic rings. The fourth-order valence-corrected chi connectivity index (χ4v) is 5.52. The lowest BCUT2D eigenvalue weighted by molar-refractivity contribution is -0.143. The number of rotatable bonds is 6. The number of benzene rings is 1. The van der Waals surface area contributed by atoms with Crippen molar-refractivity contribution in [2.45, 2.75) is 53.2 Å². The summed E-state index contributed by atoms with van der Waals surface area (Å²) in [7, 11) is 0. The van der Waals surface area contributed by atoms with E-state index in [1.54, 1.807) is 0 Å². The summed E-state index contributed by atoms with van der Waals surface area (Å²) in [6, 6.07) is 7.81. The molecule has 1 saturated heterocycles. The molecular weight excluding hydrogens is 448 g/mol. The molecule has 0 saturated carbocycles. The fraction of sp³-hybridized carbons (Fsp3) is 0.500. The van der Waals surface area contributed by atoms with Gasteiger partial charge in [-0.05, 0) is 45.2 Å². The molecule has 0 radical (unpaired) electrons. The lowest BCUT2D eigenvalue weighted by atomic mass is 9.93. The summed E-state index contributed by atoms with van der Waals surface area (Å²) < 4.78 is 5.62. The number of amides is 1. The van der Waals surface area contributed by atoms with Gasteiger partial charge in [0.2, 0.25) is 5.91 Å². The summed E-state index contributed by atoms with van der Waals surface area (Å²) in [6.45, 7) is 14.1. The molecule has 0 aliphatic carbocycles. The van der Waals surface area contributed by atoms with E-state index in [1.165, 1.54) is 11.8 Å². The number of esters is 1.